The molecule has 3 nitrogen and oxygen atoms in total. The van der Waals surface area contributed by atoms with E-state index in [0.717, 1.165) is 17.0 Å². The number of nitrogens with one attached hydrogen (secondary N) is 2. The molecule has 1 aromatic heterocycles. The number of hydrogen-bond acceptors (Lipinski definition) is 2. The summed E-state index contributed by atoms with van der Waals surface area (Å²) in [6.45, 7) is 4.67. The maximum Gasteiger partial charge on any atom is 0.123 e. The Labute approximate surface area is 100 Å². The van der Waals surface area contributed by atoms with Crippen LogP contribution in [0.5, 0.6) is 0 Å². The average molecular weight is 233 g/mol. The second-order valence-corrected chi connectivity index (χ2v) is 4.13. The summed E-state index contributed by atoms with van der Waals surface area (Å²) in [5, 5.41) is 3.32. The van der Waals surface area contributed by atoms with E-state index >= 15 is 0 Å². The van der Waals surface area contributed by atoms with Gasteiger partial charge in [0.15, 0.2) is 0 Å². The van der Waals surface area contributed by atoms with Gasteiger partial charge in [-0.25, -0.2) is 9.37 Å². The smallest absolute Gasteiger partial charge is 0.123 e. The fourth-order valence-corrected chi connectivity index (χ4v) is 1.71. The summed E-state index contributed by atoms with van der Waals surface area (Å²) >= 11 is 0. The van der Waals surface area contributed by atoms with Gasteiger partial charge in [-0.1, -0.05) is 12.1 Å². The van der Waals surface area contributed by atoms with Crippen LogP contribution in [0.2, 0.25) is 0 Å². The lowest BCUT2D eigenvalue weighted by atomic mass is 10.1. The summed E-state index contributed by atoms with van der Waals surface area (Å²) in [6, 6.07) is 6.74. The molecule has 2 N–H and O–H groups in total. The van der Waals surface area contributed by atoms with Crippen LogP contribution in [0.25, 0.3) is 0 Å². The van der Waals surface area contributed by atoms with Crippen molar-refractivity contribution in [1.82, 2.24) is 15.3 Å². The van der Waals surface area contributed by atoms with Crippen molar-refractivity contribution in [2.24, 2.45) is 0 Å². The molecule has 0 amide bonds. The summed E-state index contributed by atoms with van der Waals surface area (Å²) in [4.78, 5) is 7.24. The van der Waals surface area contributed by atoms with Gasteiger partial charge >= 0.3 is 0 Å². The highest BCUT2D eigenvalue weighted by Crippen LogP contribution is 2.14. The van der Waals surface area contributed by atoms with Gasteiger partial charge in [0.1, 0.15) is 5.82 Å². The molecule has 1 atom stereocenters. The molecule has 17 heavy (non-hydrogen) atoms. The lowest BCUT2D eigenvalue weighted by Crippen LogP contribution is -2.18. The molecule has 2 aromatic rings. The summed E-state index contributed by atoms with van der Waals surface area (Å²) in [5.74, 6) is -0.202. The van der Waals surface area contributed by atoms with Gasteiger partial charge in [-0.2, -0.15) is 0 Å². The number of aryl methyl sites for hydroxylation is 1. The molecule has 0 aliphatic heterocycles. The molecule has 1 aromatic carbocycles. The van der Waals surface area contributed by atoms with Crippen molar-refractivity contribution in [3.63, 3.8) is 0 Å². The van der Waals surface area contributed by atoms with Crippen molar-refractivity contribution in [3.8, 4) is 0 Å². The van der Waals surface area contributed by atoms with Crippen LogP contribution in [0.1, 0.15) is 29.9 Å². The standard InChI is InChI=1S/C13H16FN3/c1-9(11-4-3-5-12(14)6-11)15-7-13-10(2)16-8-17-13/h3-6,8-9,15H,7H2,1-2H3,(H,16,17)/t9-/m1/s1. The average Bonchev–Trinajstić information content (AvgIpc) is 2.72. The van der Waals surface area contributed by atoms with Crippen molar-refractivity contribution in [2.75, 3.05) is 0 Å². The van der Waals surface area contributed by atoms with Crippen LogP contribution in [0.3, 0.4) is 0 Å². The van der Waals surface area contributed by atoms with Gasteiger partial charge in [0.2, 0.25) is 0 Å². The number of rotatable bonds is 4. The second kappa shape index (κ2) is 5.10. The van der Waals surface area contributed by atoms with Crippen LogP contribution in [0, 0.1) is 12.7 Å². The van der Waals surface area contributed by atoms with E-state index in [2.05, 4.69) is 15.3 Å². The highest BCUT2D eigenvalue weighted by atomic mass is 19.1. The number of benzene rings is 1. The van der Waals surface area contributed by atoms with E-state index in [1.165, 1.54) is 6.07 Å². The number of halogens is 1. The van der Waals surface area contributed by atoms with Gasteiger partial charge in [-0.3, -0.25) is 0 Å². The molecular weight excluding hydrogens is 217 g/mol. The number of hydrogen-bond donors (Lipinski definition) is 2. The molecule has 0 aliphatic rings. The van der Waals surface area contributed by atoms with Gasteiger partial charge in [-0.15, -0.1) is 0 Å². The Balaban J connectivity index is 1.98. The van der Waals surface area contributed by atoms with Crippen LogP contribution < -0.4 is 5.32 Å². The van der Waals surface area contributed by atoms with E-state index in [0.29, 0.717) is 6.54 Å². The summed E-state index contributed by atoms with van der Waals surface area (Å²) in [6.07, 6.45) is 1.68. The Morgan fingerprint density at radius 2 is 2.29 bits per heavy atom. The monoisotopic (exact) mass is 233 g/mol. The molecule has 0 saturated carbocycles. The lowest BCUT2D eigenvalue weighted by molar-refractivity contribution is 0.559. The van der Waals surface area contributed by atoms with Crippen molar-refractivity contribution in [2.45, 2.75) is 26.4 Å². The first kappa shape index (κ1) is 11.8. The predicted molar refractivity (Wildman–Crippen MR) is 65.0 cm³/mol. The third-order valence-electron chi connectivity index (χ3n) is 2.86. The zero-order valence-electron chi connectivity index (χ0n) is 10.00. The minimum absolute atomic E-state index is 0.0989. The van der Waals surface area contributed by atoms with E-state index in [1.54, 1.807) is 18.5 Å². The molecule has 0 radical (unpaired) electrons. The Bertz CT molecular complexity index is 493. The Morgan fingerprint density at radius 1 is 1.47 bits per heavy atom. The molecule has 90 valence electrons. The molecule has 0 bridgehead atoms. The minimum Gasteiger partial charge on any atom is -0.348 e. The molecule has 0 unspecified atom stereocenters. The topological polar surface area (TPSA) is 40.7 Å². The molecular formula is C13H16FN3. The molecule has 0 spiro atoms. The number of nitrogens with zero attached hydrogens (tertiary/aromatic N) is 1. The number of aromatic amines is 1. The van der Waals surface area contributed by atoms with E-state index in [-0.39, 0.29) is 11.9 Å². The Kier molecular flexibility index (Phi) is 3.54. The fraction of sp³-hybridized carbons (Fsp3) is 0.308. The van der Waals surface area contributed by atoms with Crippen molar-refractivity contribution in [1.29, 1.82) is 0 Å². The van der Waals surface area contributed by atoms with Crippen LogP contribution >= 0.6 is 0 Å². The molecule has 4 heteroatoms. The normalized spacial score (nSPS) is 12.6. The first-order valence-corrected chi connectivity index (χ1v) is 5.64. The highest BCUT2D eigenvalue weighted by molar-refractivity contribution is 5.20. The van der Waals surface area contributed by atoms with Crippen LogP contribution in [0.15, 0.2) is 30.6 Å². The molecule has 2 rings (SSSR count). The summed E-state index contributed by atoms with van der Waals surface area (Å²) < 4.78 is 13.1. The molecule has 0 aliphatic carbocycles. The second-order valence-electron chi connectivity index (χ2n) is 4.13. The highest BCUT2D eigenvalue weighted by Gasteiger charge is 2.07. The third-order valence-corrected chi connectivity index (χ3v) is 2.86. The minimum atomic E-state index is -0.202. The van der Waals surface area contributed by atoms with Gasteiger partial charge in [0, 0.05) is 18.3 Å². The predicted octanol–water partition coefficient (Wildman–Crippen LogP) is 2.71. The van der Waals surface area contributed by atoms with Gasteiger partial charge in [-0.05, 0) is 31.5 Å². The zero-order valence-corrected chi connectivity index (χ0v) is 10.00. The fourth-order valence-electron chi connectivity index (χ4n) is 1.71. The van der Waals surface area contributed by atoms with Crippen LogP contribution in [-0.2, 0) is 6.54 Å². The Morgan fingerprint density at radius 3 is 2.94 bits per heavy atom. The first-order chi connectivity index (χ1) is 8.16. The van der Waals surface area contributed by atoms with E-state index in [9.17, 15) is 4.39 Å². The van der Waals surface area contributed by atoms with E-state index in [1.807, 2.05) is 19.9 Å². The van der Waals surface area contributed by atoms with E-state index < -0.39 is 0 Å². The Hall–Kier alpha value is -1.68. The summed E-state index contributed by atoms with van der Waals surface area (Å²) in [7, 11) is 0. The molecule has 0 fully saturated rings. The van der Waals surface area contributed by atoms with Gasteiger partial charge in [0.25, 0.3) is 0 Å². The first-order valence-electron chi connectivity index (χ1n) is 5.64. The van der Waals surface area contributed by atoms with Gasteiger partial charge in [0.05, 0.1) is 12.0 Å². The maximum absolute atomic E-state index is 13.1. The quantitative estimate of drug-likeness (QED) is 0.852. The van der Waals surface area contributed by atoms with Crippen LogP contribution in [-0.4, -0.2) is 9.97 Å². The van der Waals surface area contributed by atoms with E-state index in [4.69, 9.17) is 0 Å². The van der Waals surface area contributed by atoms with Crippen molar-refractivity contribution in [3.05, 3.63) is 53.4 Å². The van der Waals surface area contributed by atoms with Crippen molar-refractivity contribution < 1.29 is 4.39 Å². The maximum atomic E-state index is 13.1. The number of H-pyrrole nitrogens is 1. The lowest BCUT2D eigenvalue weighted by Gasteiger charge is -2.13. The van der Waals surface area contributed by atoms with Gasteiger partial charge < -0.3 is 10.3 Å². The third kappa shape index (κ3) is 2.91. The number of aromatic nitrogens is 2. The molecule has 0 saturated heterocycles. The largest absolute Gasteiger partial charge is 0.348 e. The van der Waals surface area contributed by atoms with Crippen molar-refractivity contribution >= 4 is 0 Å². The zero-order chi connectivity index (χ0) is 12.3. The number of imidazole rings is 1. The summed E-state index contributed by atoms with van der Waals surface area (Å²) in [5.41, 5.74) is 3.00. The SMILES string of the molecule is Cc1[nH]cnc1CN[C@H](C)c1cccc(F)c1. The molecule has 1 heterocycles. The van der Waals surface area contributed by atoms with Crippen LogP contribution in [0.4, 0.5) is 4.39 Å².